The third-order valence-corrected chi connectivity index (χ3v) is 3.46. The molecule has 2 atom stereocenters. The van der Waals surface area contributed by atoms with E-state index in [4.69, 9.17) is 4.74 Å². The van der Waals surface area contributed by atoms with Crippen molar-refractivity contribution < 1.29 is 9.84 Å². The fourth-order valence-electron chi connectivity index (χ4n) is 2.28. The van der Waals surface area contributed by atoms with Crippen LogP contribution in [-0.4, -0.2) is 17.8 Å². The molecule has 1 aromatic carbocycles. The van der Waals surface area contributed by atoms with Gasteiger partial charge in [0.2, 0.25) is 0 Å². The Morgan fingerprint density at radius 3 is 2.75 bits per heavy atom. The number of ether oxygens (including phenoxy) is 1. The second kappa shape index (κ2) is 4.88. The van der Waals surface area contributed by atoms with E-state index in [9.17, 15) is 5.11 Å². The number of aliphatic hydroxyl groups is 1. The lowest BCUT2D eigenvalue weighted by Crippen LogP contribution is -2.23. The maximum atomic E-state index is 9.32. The number of aliphatic hydroxyl groups excluding tert-OH is 1. The molecule has 2 rings (SSSR count). The van der Waals surface area contributed by atoms with Gasteiger partial charge in [-0.25, -0.2) is 0 Å². The summed E-state index contributed by atoms with van der Waals surface area (Å²) < 4.78 is 5.88. The van der Waals surface area contributed by atoms with Crippen molar-refractivity contribution in [3.8, 4) is 5.75 Å². The van der Waals surface area contributed by atoms with Crippen molar-refractivity contribution in [3.05, 3.63) is 29.8 Å². The summed E-state index contributed by atoms with van der Waals surface area (Å²) in [6.45, 7) is 4.57. The highest BCUT2D eigenvalue weighted by atomic mass is 16.5. The Hall–Kier alpha value is -1.02. The van der Waals surface area contributed by atoms with Crippen molar-refractivity contribution in [1.82, 2.24) is 0 Å². The average molecular weight is 220 g/mol. The van der Waals surface area contributed by atoms with E-state index in [2.05, 4.69) is 26.0 Å². The number of hydrogen-bond acceptors (Lipinski definition) is 2. The largest absolute Gasteiger partial charge is 0.490 e. The van der Waals surface area contributed by atoms with Crippen LogP contribution in [0, 0.1) is 11.8 Å². The molecule has 0 amide bonds. The van der Waals surface area contributed by atoms with Crippen LogP contribution in [-0.2, 0) is 6.42 Å². The Balaban J connectivity index is 1.96. The van der Waals surface area contributed by atoms with Crippen molar-refractivity contribution in [3.63, 3.8) is 0 Å². The van der Waals surface area contributed by atoms with Gasteiger partial charge in [0.05, 0.1) is 0 Å². The molecule has 0 radical (unpaired) electrons. The third-order valence-electron chi connectivity index (χ3n) is 3.46. The summed E-state index contributed by atoms with van der Waals surface area (Å²) in [5.74, 6) is 1.88. The second-order valence-electron chi connectivity index (χ2n) is 4.97. The first-order valence-electron chi connectivity index (χ1n) is 6.06. The highest BCUT2D eigenvalue weighted by Crippen LogP contribution is 2.31. The first-order chi connectivity index (χ1) is 7.70. The highest BCUT2D eigenvalue weighted by Gasteiger charge is 2.26. The van der Waals surface area contributed by atoms with Crippen molar-refractivity contribution in [2.45, 2.75) is 32.8 Å². The zero-order chi connectivity index (χ0) is 11.5. The number of fused-ring (bicyclic) bond motifs is 1. The standard InChI is InChI=1S/C14H20O2/c1-10(2)12(9-15)8-13-7-11-5-3-4-6-14(11)16-13/h3-6,10,12-13,15H,7-9H2,1-2H3. The molecule has 0 saturated carbocycles. The fourth-order valence-corrected chi connectivity index (χ4v) is 2.28. The molecule has 0 aliphatic carbocycles. The van der Waals surface area contributed by atoms with Crippen LogP contribution < -0.4 is 4.74 Å². The quantitative estimate of drug-likeness (QED) is 0.845. The Kier molecular flexibility index (Phi) is 3.49. The predicted octanol–water partition coefficient (Wildman–Crippen LogP) is 2.64. The van der Waals surface area contributed by atoms with Gasteiger partial charge >= 0.3 is 0 Å². The van der Waals surface area contributed by atoms with E-state index < -0.39 is 0 Å². The molecule has 1 aromatic rings. The molecule has 2 heteroatoms. The third kappa shape index (κ3) is 2.38. The lowest BCUT2D eigenvalue weighted by atomic mass is 9.90. The molecule has 1 N–H and O–H groups in total. The Morgan fingerprint density at radius 1 is 1.38 bits per heavy atom. The molecular formula is C14H20O2. The monoisotopic (exact) mass is 220 g/mol. The van der Waals surface area contributed by atoms with Gasteiger partial charge in [-0.05, 0) is 29.9 Å². The summed E-state index contributed by atoms with van der Waals surface area (Å²) in [5, 5.41) is 9.32. The van der Waals surface area contributed by atoms with Crippen molar-refractivity contribution >= 4 is 0 Å². The SMILES string of the molecule is CC(C)C(CO)CC1Cc2ccccc2O1. The highest BCUT2D eigenvalue weighted by molar-refractivity contribution is 5.37. The van der Waals surface area contributed by atoms with E-state index in [1.165, 1.54) is 5.56 Å². The zero-order valence-corrected chi connectivity index (χ0v) is 10.0. The van der Waals surface area contributed by atoms with Crippen LogP contribution in [0.2, 0.25) is 0 Å². The van der Waals surface area contributed by atoms with Crippen LogP contribution in [0.15, 0.2) is 24.3 Å². The van der Waals surface area contributed by atoms with Gasteiger partial charge in [0.25, 0.3) is 0 Å². The smallest absolute Gasteiger partial charge is 0.123 e. The van der Waals surface area contributed by atoms with E-state index in [1.54, 1.807) is 0 Å². The molecule has 16 heavy (non-hydrogen) atoms. The van der Waals surface area contributed by atoms with E-state index >= 15 is 0 Å². The van der Waals surface area contributed by atoms with E-state index in [0.717, 1.165) is 18.6 Å². The molecule has 0 spiro atoms. The normalized spacial score (nSPS) is 20.6. The summed E-state index contributed by atoms with van der Waals surface area (Å²) in [4.78, 5) is 0. The van der Waals surface area contributed by atoms with Crippen LogP contribution in [0.4, 0.5) is 0 Å². The minimum atomic E-state index is 0.247. The lowest BCUT2D eigenvalue weighted by Gasteiger charge is -2.21. The summed E-state index contributed by atoms with van der Waals surface area (Å²) in [6.07, 6.45) is 2.18. The second-order valence-corrected chi connectivity index (χ2v) is 4.97. The lowest BCUT2D eigenvalue weighted by molar-refractivity contribution is 0.124. The van der Waals surface area contributed by atoms with Crippen LogP contribution in [0.5, 0.6) is 5.75 Å². The predicted molar refractivity (Wildman–Crippen MR) is 64.6 cm³/mol. The number of hydrogen-bond donors (Lipinski definition) is 1. The Morgan fingerprint density at radius 2 is 2.12 bits per heavy atom. The Labute approximate surface area is 97.3 Å². The van der Waals surface area contributed by atoms with E-state index in [0.29, 0.717) is 11.8 Å². The summed E-state index contributed by atoms with van der Waals surface area (Å²) in [6, 6.07) is 8.21. The van der Waals surface area contributed by atoms with Gasteiger partial charge in [-0.3, -0.25) is 0 Å². The molecule has 2 nitrogen and oxygen atoms in total. The van der Waals surface area contributed by atoms with Crippen LogP contribution >= 0.6 is 0 Å². The van der Waals surface area contributed by atoms with Crippen molar-refractivity contribution in [2.24, 2.45) is 11.8 Å². The summed E-state index contributed by atoms with van der Waals surface area (Å²) in [5.41, 5.74) is 1.30. The zero-order valence-electron chi connectivity index (χ0n) is 10.0. The van der Waals surface area contributed by atoms with Gasteiger partial charge in [-0.2, -0.15) is 0 Å². The Bertz CT molecular complexity index is 321. The van der Waals surface area contributed by atoms with Gasteiger partial charge < -0.3 is 9.84 Å². The first kappa shape index (κ1) is 11.5. The molecule has 2 unspecified atom stereocenters. The molecule has 0 aromatic heterocycles. The molecule has 0 fully saturated rings. The first-order valence-corrected chi connectivity index (χ1v) is 6.06. The average Bonchev–Trinajstić information content (AvgIpc) is 2.67. The van der Waals surface area contributed by atoms with Crippen LogP contribution in [0.25, 0.3) is 0 Å². The van der Waals surface area contributed by atoms with E-state index in [1.807, 2.05) is 12.1 Å². The summed E-state index contributed by atoms with van der Waals surface area (Å²) in [7, 11) is 0. The van der Waals surface area contributed by atoms with Crippen LogP contribution in [0.3, 0.4) is 0 Å². The number of benzene rings is 1. The minimum absolute atomic E-state index is 0.247. The van der Waals surface area contributed by atoms with Gasteiger partial charge in [-0.15, -0.1) is 0 Å². The number of rotatable bonds is 4. The fraction of sp³-hybridized carbons (Fsp3) is 0.571. The molecule has 0 saturated heterocycles. The molecular weight excluding hydrogens is 200 g/mol. The topological polar surface area (TPSA) is 29.5 Å². The number of para-hydroxylation sites is 1. The molecule has 1 heterocycles. The molecule has 88 valence electrons. The minimum Gasteiger partial charge on any atom is -0.490 e. The molecule has 0 bridgehead atoms. The maximum Gasteiger partial charge on any atom is 0.123 e. The van der Waals surface area contributed by atoms with Gasteiger partial charge in [0, 0.05) is 13.0 Å². The van der Waals surface area contributed by atoms with E-state index in [-0.39, 0.29) is 12.7 Å². The van der Waals surface area contributed by atoms with Crippen LogP contribution in [0.1, 0.15) is 25.8 Å². The van der Waals surface area contributed by atoms with Crippen molar-refractivity contribution in [1.29, 1.82) is 0 Å². The maximum absolute atomic E-state index is 9.32. The molecule has 1 aliphatic heterocycles. The summed E-state index contributed by atoms with van der Waals surface area (Å²) >= 11 is 0. The van der Waals surface area contributed by atoms with Gasteiger partial charge in [-0.1, -0.05) is 32.0 Å². The molecule has 1 aliphatic rings. The van der Waals surface area contributed by atoms with Gasteiger partial charge in [0.1, 0.15) is 11.9 Å². The van der Waals surface area contributed by atoms with Crippen molar-refractivity contribution in [2.75, 3.05) is 6.61 Å². The van der Waals surface area contributed by atoms with Gasteiger partial charge in [0.15, 0.2) is 0 Å².